The van der Waals surface area contributed by atoms with Crippen LogP contribution in [0.25, 0.3) is 0 Å². The molecule has 1 aromatic rings. The van der Waals surface area contributed by atoms with E-state index in [1.54, 1.807) is 12.3 Å². The van der Waals surface area contributed by atoms with E-state index in [0.29, 0.717) is 11.6 Å². The van der Waals surface area contributed by atoms with Crippen LogP contribution in [-0.4, -0.2) is 29.4 Å². The van der Waals surface area contributed by atoms with Gasteiger partial charge in [-0.2, -0.15) is 0 Å². The van der Waals surface area contributed by atoms with Crippen LogP contribution in [0, 0.1) is 11.3 Å². The minimum atomic E-state index is -0.0153. The molecule has 0 saturated heterocycles. The molecule has 1 heterocycles. The topological polar surface area (TPSA) is 78.9 Å². The van der Waals surface area contributed by atoms with E-state index < -0.39 is 0 Å². The minimum Gasteiger partial charge on any atom is -0.382 e. The molecule has 1 aromatic heterocycles. The second kappa shape index (κ2) is 3.84. The summed E-state index contributed by atoms with van der Waals surface area (Å²) in [5.74, 6) is 1.42. The fourth-order valence-corrected chi connectivity index (χ4v) is 1.45. The highest BCUT2D eigenvalue weighted by atomic mass is 15.2. The SMILES string of the molecule is CN(CC1CC1)c1nccc(C(=N)N)n1. The van der Waals surface area contributed by atoms with Gasteiger partial charge in [0.15, 0.2) is 0 Å². The molecule has 1 aliphatic rings. The zero-order valence-electron chi connectivity index (χ0n) is 8.77. The number of rotatable bonds is 4. The molecule has 15 heavy (non-hydrogen) atoms. The summed E-state index contributed by atoms with van der Waals surface area (Å²) in [5, 5.41) is 7.30. The molecule has 5 heteroatoms. The highest BCUT2D eigenvalue weighted by molar-refractivity contribution is 5.93. The molecule has 0 spiro atoms. The van der Waals surface area contributed by atoms with Gasteiger partial charge in [-0.25, -0.2) is 9.97 Å². The summed E-state index contributed by atoms with van der Waals surface area (Å²) >= 11 is 0. The lowest BCUT2D eigenvalue weighted by Gasteiger charge is -2.16. The third-order valence-electron chi connectivity index (χ3n) is 2.49. The van der Waals surface area contributed by atoms with Gasteiger partial charge in [0.25, 0.3) is 0 Å². The van der Waals surface area contributed by atoms with E-state index in [2.05, 4.69) is 9.97 Å². The highest BCUT2D eigenvalue weighted by Gasteiger charge is 2.23. The molecule has 0 unspecified atom stereocenters. The van der Waals surface area contributed by atoms with E-state index in [4.69, 9.17) is 11.1 Å². The first-order valence-electron chi connectivity index (χ1n) is 5.05. The molecule has 0 bridgehead atoms. The second-order valence-corrected chi connectivity index (χ2v) is 3.98. The fourth-order valence-electron chi connectivity index (χ4n) is 1.45. The average Bonchev–Trinajstić information content (AvgIpc) is 3.02. The lowest BCUT2D eigenvalue weighted by molar-refractivity contribution is 0.763. The zero-order chi connectivity index (χ0) is 10.8. The number of hydrogen-bond acceptors (Lipinski definition) is 4. The van der Waals surface area contributed by atoms with E-state index >= 15 is 0 Å². The summed E-state index contributed by atoms with van der Waals surface area (Å²) in [6.45, 7) is 0.987. The van der Waals surface area contributed by atoms with Crippen LogP contribution in [0.4, 0.5) is 5.95 Å². The van der Waals surface area contributed by atoms with Crippen molar-refractivity contribution in [3.05, 3.63) is 18.0 Å². The molecule has 0 aliphatic heterocycles. The maximum absolute atomic E-state index is 7.30. The van der Waals surface area contributed by atoms with Crippen LogP contribution in [0.1, 0.15) is 18.5 Å². The largest absolute Gasteiger partial charge is 0.382 e. The molecule has 0 amide bonds. The van der Waals surface area contributed by atoms with E-state index in [1.165, 1.54) is 12.8 Å². The van der Waals surface area contributed by atoms with Crippen molar-refractivity contribution in [1.29, 1.82) is 5.41 Å². The van der Waals surface area contributed by atoms with Crippen LogP contribution in [0.3, 0.4) is 0 Å². The van der Waals surface area contributed by atoms with Gasteiger partial charge in [-0.15, -0.1) is 0 Å². The fraction of sp³-hybridized carbons (Fsp3) is 0.500. The summed E-state index contributed by atoms with van der Waals surface area (Å²) in [5.41, 5.74) is 5.86. The molecule has 0 aromatic carbocycles. The van der Waals surface area contributed by atoms with Crippen LogP contribution >= 0.6 is 0 Å². The molecule has 1 saturated carbocycles. The van der Waals surface area contributed by atoms with Gasteiger partial charge in [0.05, 0.1) is 0 Å². The zero-order valence-corrected chi connectivity index (χ0v) is 8.77. The van der Waals surface area contributed by atoms with Crippen molar-refractivity contribution in [2.75, 3.05) is 18.5 Å². The molecule has 0 atom stereocenters. The van der Waals surface area contributed by atoms with Crippen molar-refractivity contribution in [3.8, 4) is 0 Å². The summed E-state index contributed by atoms with van der Waals surface area (Å²) in [6.07, 6.45) is 4.25. The van der Waals surface area contributed by atoms with E-state index in [9.17, 15) is 0 Å². The normalized spacial score (nSPS) is 15.0. The lowest BCUT2D eigenvalue weighted by Crippen LogP contribution is -2.24. The number of hydrogen-bond donors (Lipinski definition) is 2. The third-order valence-corrected chi connectivity index (χ3v) is 2.49. The Morgan fingerprint density at radius 1 is 1.67 bits per heavy atom. The Morgan fingerprint density at radius 3 is 3.00 bits per heavy atom. The summed E-state index contributed by atoms with van der Waals surface area (Å²) in [6, 6.07) is 1.65. The Hall–Kier alpha value is -1.65. The average molecular weight is 205 g/mol. The maximum Gasteiger partial charge on any atom is 0.225 e. The second-order valence-electron chi connectivity index (χ2n) is 3.98. The Bertz CT molecular complexity index is 372. The summed E-state index contributed by atoms with van der Waals surface area (Å²) in [4.78, 5) is 10.4. The number of nitrogens with two attached hydrogens (primary N) is 1. The third kappa shape index (κ3) is 2.43. The van der Waals surface area contributed by atoms with Gasteiger partial charge < -0.3 is 10.6 Å². The summed E-state index contributed by atoms with van der Waals surface area (Å²) < 4.78 is 0. The van der Waals surface area contributed by atoms with Gasteiger partial charge in [0, 0.05) is 19.8 Å². The van der Waals surface area contributed by atoms with Gasteiger partial charge in [-0.3, -0.25) is 5.41 Å². The summed E-state index contributed by atoms with van der Waals surface area (Å²) in [7, 11) is 1.97. The lowest BCUT2D eigenvalue weighted by atomic mass is 10.4. The van der Waals surface area contributed by atoms with Gasteiger partial charge in [0.1, 0.15) is 11.5 Å². The molecule has 2 rings (SSSR count). The van der Waals surface area contributed by atoms with Crippen LogP contribution in [0.5, 0.6) is 0 Å². The predicted octanol–water partition coefficient (Wildman–Crippen LogP) is 0.607. The number of amidine groups is 1. The maximum atomic E-state index is 7.30. The number of nitrogens with zero attached hydrogens (tertiary/aromatic N) is 3. The van der Waals surface area contributed by atoms with Crippen molar-refractivity contribution in [1.82, 2.24) is 9.97 Å². The first-order chi connectivity index (χ1) is 7.16. The van der Waals surface area contributed by atoms with Crippen LogP contribution in [-0.2, 0) is 0 Å². The van der Waals surface area contributed by atoms with Gasteiger partial charge >= 0.3 is 0 Å². The van der Waals surface area contributed by atoms with Crippen molar-refractivity contribution in [3.63, 3.8) is 0 Å². The first-order valence-corrected chi connectivity index (χ1v) is 5.05. The van der Waals surface area contributed by atoms with Crippen LogP contribution < -0.4 is 10.6 Å². The quantitative estimate of drug-likeness (QED) is 0.557. The first kappa shape index (κ1) is 9.89. The van der Waals surface area contributed by atoms with Gasteiger partial charge in [-0.1, -0.05) is 0 Å². The Labute approximate surface area is 88.8 Å². The molecule has 5 nitrogen and oxygen atoms in total. The molecular formula is C10H15N5. The van der Waals surface area contributed by atoms with E-state index in [-0.39, 0.29) is 5.84 Å². The standard InChI is InChI=1S/C10H15N5/c1-15(6-7-2-3-7)10-13-5-4-8(14-10)9(11)12/h4-5,7H,2-3,6H2,1H3,(H3,11,12). The predicted molar refractivity (Wildman–Crippen MR) is 59.0 cm³/mol. The molecular weight excluding hydrogens is 190 g/mol. The van der Waals surface area contributed by atoms with Crippen LogP contribution in [0.2, 0.25) is 0 Å². The number of nitrogens with one attached hydrogen (secondary N) is 1. The molecule has 0 radical (unpaired) electrons. The van der Waals surface area contributed by atoms with Crippen LogP contribution in [0.15, 0.2) is 12.3 Å². The number of nitrogen functional groups attached to an aromatic ring is 1. The van der Waals surface area contributed by atoms with E-state index in [0.717, 1.165) is 12.5 Å². The molecule has 80 valence electrons. The Balaban J connectivity index is 2.11. The van der Waals surface area contributed by atoms with Gasteiger partial charge in [0.2, 0.25) is 5.95 Å². The van der Waals surface area contributed by atoms with Crippen molar-refractivity contribution < 1.29 is 0 Å². The smallest absolute Gasteiger partial charge is 0.225 e. The van der Waals surface area contributed by atoms with Gasteiger partial charge in [-0.05, 0) is 24.8 Å². The van der Waals surface area contributed by atoms with Crippen molar-refractivity contribution in [2.24, 2.45) is 11.7 Å². The van der Waals surface area contributed by atoms with Crippen molar-refractivity contribution >= 4 is 11.8 Å². The highest BCUT2D eigenvalue weighted by Crippen LogP contribution is 2.30. The van der Waals surface area contributed by atoms with E-state index in [1.807, 2.05) is 11.9 Å². The molecule has 1 fully saturated rings. The molecule has 3 N–H and O–H groups in total. The Kier molecular flexibility index (Phi) is 2.53. The van der Waals surface area contributed by atoms with Crippen molar-refractivity contribution in [2.45, 2.75) is 12.8 Å². The number of aromatic nitrogens is 2. The Morgan fingerprint density at radius 2 is 2.40 bits per heavy atom. The minimum absolute atomic E-state index is 0.0153. The monoisotopic (exact) mass is 205 g/mol. The number of anilines is 1. The molecule has 1 aliphatic carbocycles.